The van der Waals surface area contributed by atoms with Crippen molar-refractivity contribution in [2.24, 2.45) is 11.7 Å². The summed E-state index contributed by atoms with van der Waals surface area (Å²) in [6.45, 7) is 1.71. The minimum Gasteiger partial charge on any atom is -0.496 e. The third kappa shape index (κ3) is 3.61. The van der Waals surface area contributed by atoms with E-state index in [1.54, 1.807) is 7.11 Å². The number of primary amides is 1. The van der Waals surface area contributed by atoms with E-state index in [4.69, 9.17) is 10.5 Å². The van der Waals surface area contributed by atoms with Crippen LogP contribution in [0.25, 0.3) is 0 Å². The molecule has 2 aliphatic rings. The second-order valence-corrected chi connectivity index (χ2v) is 7.93. The number of benzene rings is 1. The quantitative estimate of drug-likeness (QED) is 0.761. The number of para-hydroxylation sites is 1. The summed E-state index contributed by atoms with van der Waals surface area (Å²) in [5, 5.41) is 12.9. The van der Waals surface area contributed by atoms with Gasteiger partial charge in [0.15, 0.2) is 6.04 Å². The number of tetrazole rings is 1. The number of methoxy groups -OCH3 is 1. The van der Waals surface area contributed by atoms with Gasteiger partial charge in [0.2, 0.25) is 11.7 Å². The number of hydrogen-bond donors (Lipinski definition) is 2. The third-order valence-electron chi connectivity index (χ3n) is 6.34. The molecule has 1 amide bonds. The second kappa shape index (κ2) is 8.26. The lowest BCUT2D eigenvalue weighted by molar-refractivity contribution is -0.931. The second-order valence-electron chi connectivity index (χ2n) is 7.93. The molecular formula is C20H29N6O2+. The third-order valence-corrected chi connectivity index (χ3v) is 6.34. The first kappa shape index (κ1) is 18.9. The molecular weight excluding hydrogens is 356 g/mol. The summed E-state index contributed by atoms with van der Waals surface area (Å²) >= 11 is 0. The van der Waals surface area contributed by atoms with Gasteiger partial charge in [0.1, 0.15) is 5.75 Å². The van der Waals surface area contributed by atoms with E-state index in [0.717, 1.165) is 55.9 Å². The smallest absolute Gasteiger partial charge is 0.220 e. The fraction of sp³-hybridized carbons (Fsp3) is 0.600. The maximum atomic E-state index is 11.6. The number of carbonyl (C=O) groups is 1. The zero-order valence-electron chi connectivity index (χ0n) is 16.4. The number of carbonyl (C=O) groups excluding carboxylic acids is 1. The number of rotatable bonds is 6. The molecule has 28 heavy (non-hydrogen) atoms. The molecule has 0 radical (unpaired) electrons. The van der Waals surface area contributed by atoms with Crippen molar-refractivity contribution in [3.8, 4) is 5.75 Å². The summed E-state index contributed by atoms with van der Waals surface area (Å²) in [6.07, 6.45) is 6.27. The molecule has 2 aromatic rings. The molecule has 0 bridgehead atoms. The van der Waals surface area contributed by atoms with Gasteiger partial charge >= 0.3 is 0 Å². The first-order chi connectivity index (χ1) is 13.7. The van der Waals surface area contributed by atoms with Crippen LogP contribution in [0.3, 0.4) is 0 Å². The summed E-state index contributed by atoms with van der Waals surface area (Å²) < 4.78 is 7.71. The van der Waals surface area contributed by atoms with E-state index in [0.29, 0.717) is 6.04 Å². The lowest BCUT2D eigenvalue weighted by Gasteiger charge is -2.34. The molecule has 1 aliphatic carbocycles. The van der Waals surface area contributed by atoms with Gasteiger partial charge in [0.25, 0.3) is 0 Å². The summed E-state index contributed by atoms with van der Waals surface area (Å²) in [5.74, 6) is 1.51. The average Bonchev–Trinajstić information content (AvgIpc) is 3.41. The molecule has 0 spiro atoms. The molecule has 1 saturated carbocycles. The van der Waals surface area contributed by atoms with Crippen LogP contribution in [0.4, 0.5) is 0 Å². The highest BCUT2D eigenvalue weighted by Crippen LogP contribution is 2.33. The summed E-state index contributed by atoms with van der Waals surface area (Å²) in [4.78, 5) is 13.0. The minimum absolute atomic E-state index is 0.0272. The number of ether oxygens (including phenoxy) is 1. The molecule has 3 N–H and O–H groups in total. The number of quaternary nitrogens is 1. The Kier molecular flexibility index (Phi) is 5.57. The van der Waals surface area contributed by atoms with Crippen LogP contribution >= 0.6 is 0 Å². The van der Waals surface area contributed by atoms with Crippen molar-refractivity contribution in [1.29, 1.82) is 0 Å². The predicted molar refractivity (Wildman–Crippen MR) is 103 cm³/mol. The van der Waals surface area contributed by atoms with Gasteiger partial charge in [0, 0.05) is 18.8 Å². The van der Waals surface area contributed by atoms with E-state index in [1.165, 1.54) is 17.7 Å². The van der Waals surface area contributed by atoms with E-state index < -0.39 is 0 Å². The predicted octanol–water partition coefficient (Wildman–Crippen LogP) is 0.666. The summed E-state index contributed by atoms with van der Waals surface area (Å²) in [6, 6.07) is 8.44. The summed E-state index contributed by atoms with van der Waals surface area (Å²) in [7, 11) is 1.70. The van der Waals surface area contributed by atoms with Gasteiger partial charge in [-0.3, -0.25) is 4.79 Å². The van der Waals surface area contributed by atoms with E-state index in [2.05, 4.69) is 21.6 Å². The molecule has 1 aromatic heterocycles. The molecule has 4 rings (SSSR count). The first-order valence-corrected chi connectivity index (χ1v) is 10.2. The molecule has 1 aromatic carbocycles. The van der Waals surface area contributed by atoms with Crippen LogP contribution in [0.1, 0.15) is 62.0 Å². The minimum atomic E-state index is -0.191. The molecule has 8 nitrogen and oxygen atoms in total. The molecule has 2 fully saturated rings. The van der Waals surface area contributed by atoms with Gasteiger partial charge in [-0.2, -0.15) is 0 Å². The van der Waals surface area contributed by atoms with Crippen LogP contribution in [-0.2, 0) is 4.79 Å². The van der Waals surface area contributed by atoms with Crippen LogP contribution in [0.2, 0.25) is 0 Å². The molecule has 2 heterocycles. The van der Waals surface area contributed by atoms with Crippen LogP contribution < -0.4 is 15.4 Å². The van der Waals surface area contributed by atoms with Gasteiger partial charge in [-0.25, -0.2) is 4.68 Å². The van der Waals surface area contributed by atoms with Crippen LogP contribution in [0.5, 0.6) is 5.75 Å². The number of nitrogens with two attached hydrogens (primary N) is 1. The highest BCUT2D eigenvalue weighted by Gasteiger charge is 2.38. The maximum absolute atomic E-state index is 11.6. The van der Waals surface area contributed by atoms with Crippen molar-refractivity contribution in [1.82, 2.24) is 20.2 Å². The molecule has 1 atom stereocenters. The molecule has 1 saturated heterocycles. The van der Waals surface area contributed by atoms with Crippen LogP contribution in [-0.4, -0.2) is 46.3 Å². The van der Waals surface area contributed by atoms with E-state index >= 15 is 0 Å². The topological polar surface area (TPSA) is 100 Å². The van der Waals surface area contributed by atoms with Crippen molar-refractivity contribution in [2.45, 2.75) is 50.6 Å². The van der Waals surface area contributed by atoms with Crippen molar-refractivity contribution in [3.05, 3.63) is 35.7 Å². The van der Waals surface area contributed by atoms with Crippen molar-refractivity contribution in [2.75, 3.05) is 20.2 Å². The van der Waals surface area contributed by atoms with Gasteiger partial charge in [-0.05, 0) is 35.4 Å². The van der Waals surface area contributed by atoms with Gasteiger partial charge in [-0.1, -0.05) is 25.0 Å². The fourth-order valence-electron chi connectivity index (χ4n) is 4.81. The van der Waals surface area contributed by atoms with E-state index in [1.807, 2.05) is 22.9 Å². The summed E-state index contributed by atoms with van der Waals surface area (Å²) in [5.41, 5.74) is 6.63. The number of amides is 1. The lowest BCUT2D eigenvalue weighted by atomic mass is 9.93. The van der Waals surface area contributed by atoms with E-state index in [9.17, 15) is 4.79 Å². The average molecular weight is 385 g/mol. The van der Waals surface area contributed by atoms with Crippen molar-refractivity contribution < 1.29 is 14.4 Å². The van der Waals surface area contributed by atoms with Crippen molar-refractivity contribution >= 4 is 5.91 Å². The number of likely N-dealkylation sites (tertiary alicyclic amines) is 1. The Hall–Kier alpha value is -2.48. The zero-order valence-corrected chi connectivity index (χ0v) is 16.4. The SMILES string of the molecule is COc1ccccc1[C@H](c1nnnn1C1CCCC1)[NH+]1CCC(C(N)=O)CC1. The van der Waals surface area contributed by atoms with Crippen LogP contribution in [0, 0.1) is 5.92 Å². The molecule has 1 aliphatic heterocycles. The number of hydrogen-bond acceptors (Lipinski definition) is 5. The Balaban J connectivity index is 1.71. The number of nitrogens with one attached hydrogen (secondary N) is 1. The van der Waals surface area contributed by atoms with Gasteiger partial charge in [-0.15, -0.1) is 5.10 Å². The fourth-order valence-corrected chi connectivity index (χ4v) is 4.81. The maximum Gasteiger partial charge on any atom is 0.220 e. The number of aromatic nitrogens is 4. The largest absolute Gasteiger partial charge is 0.496 e. The normalized spacial score (nSPS) is 24.2. The molecule has 0 unspecified atom stereocenters. The molecule has 150 valence electrons. The van der Waals surface area contributed by atoms with Gasteiger partial charge < -0.3 is 15.4 Å². The number of nitrogens with zero attached hydrogens (tertiary/aromatic N) is 4. The monoisotopic (exact) mass is 385 g/mol. The molecule has 8 heteroatoms. The van der Waals surface area contributed by atoms with Gasteiger partial charge in [0.05, 0.1) is 31.8 Å². The Morgan fingerprint density at radius 3 is 2.61 bits per heavy atom. The Bertz CT molecular complexity index is 809. The Morgan fingerprint density at radius 2 is 1.93 bits per heavy atom. The van der Waals surface area contributed by atoms with Crippen LogP contribution in [0.15, 0.2) is 24.3 Å². The standard InChI is InChI=1S/C20H28N6O2/c1-28-17-9-5-4-8-16(17)18(25-12-10-14(11-13-25)19(21)27)20-22-23-24-26(20)15-6-2-3-7-15/h4-5,8-9,14-15,18H,2-3,6-7,10-13H2,1H3,(H2,21,27)/p+1/t18-/m1/s1. The van der Waals surface area contributed by atoms with E-state index in [-0.39, 0.29) is 17.9 Å². The Morgan fingerprint density at radius 1 is 1.21 bits per heavy atom. The van der Waals surface area contributed by atoms with Crippen molar-refractivity contribution in [3.63, 3.8) is 0 Å². The Labute approximate surface area is 165 Å². The highest BCUT2D eigenvalue weighted by molar-refractivity contribution is 5.76. The number of piperidine rings is 1. The highest BCUT2D eigenvalue weighted by atomic mass is 16.5. The first-order valence-electron chi connectivity index (χ1n) is 10.2. The lowest BCUT2D eigenvalue weighted by Crippen LogP contribution is -3.13. The zero-order chi connectivity index (χ0) is 19.5.